The molecule has 0 saturated heterocycles. The van der Waals surface area contributed by atoms with Crippen molar-refractivity contribution in [3.8, 4) is 6.07 Å². The average molecular weight is 436 g/mol. The highest BCUT2D eigenvalue weighted by atomic mass is 35.5. The van der Waals surface area contributed by atoms with E-state index in [1.54, 1.807) is 12.3 Å². The molecule has 6 heteroatoms. The molecular weight excluding hydrogens is 414 g/mol. The van der Waals surface area contributed by atoms with E-state index in [4.69, 9.17) is 11.6 Å². The average Bonchev–Trinajstić information content (AvgIpc) is 3.14. The lowest BCUT2D eigenvalue weighted by atomic mass is 9.86. The van der Waals surface area contributed by atoms with E-state index in [1.165, 1.54) is 16.9 Å². The summed E-state index contributed by atoms with van der Waals surface area (Å²) in [5, 5.41) is 13.3. The van der Waals surface area contributed by atoms with Crippen LogP contribution in [0.1, 0.15) is 42.3 Å². The fraction of sp³-hybridized carbons (Fsp3) is 0.208. The van der Waals surface area contributed by atoms with Crippen LogP contribution in [0, 0.1) is 11.3 Å². The quantitative estimate of drug-likeness (QED) is 0.381. The number of anilines is 1. The normalized spacial score (nSPS) is 11.8. The molecule has 0 saturated carbocycles. The topological polar surface area (TPSA) is 65.8 Å². The summed E-state index contributed by atoms with van der Waals surface area (Å²) < 4.78 is 0. The van der Waals surface area contributed by atoms with Gasteiger partial charge in [-0.2, -0.15) is 5.26 Å². The molecule has 2 aromatic carbocycles. The fourth-order valence-corrected chi connectivity index (χ4v) is 3.78. The molecule has 1 aromatic heterocycles. The van der Waals surface area contributed by atoms with Crippen LogP contribution in [0.5, 0.6) is 0 Å². The molecule has 0 radical (unpaired) electrons. The predicted molar refractivity (Wildman–Crippen MR) is 124 cm³/mol. The summed E-state index contributed by atoms with van der Waals surface area (Å²) in [6.45, 7) is 6.42. The summed E-state index contributed by atoms with van der Waals surface area (Å²) in [5.41, 5.74) is 3.19. The number of nitrogens with one attached hydrogen (secondary N) is 1. The first-order chi connectivity index (χ1) is 14.2. The maximum atomic E-state index is 12.5. The van der Waals surface area contributed by atoms with Gasteiger partial charge in [0.25, 0.3) is 5.91 Å². The highest BCUT2D eigenvalue weighted by Gasteiger charge is 2.14. The van der Waals surface area contributed by atoms with Crippen LogP contribution in [0.2, 0.25) is 5.02 Å². The largest absolute Gasteiger partial charge is 0.297 e. The Morgan fingerprint density at radius 3 is 2.43 bits per heavy atom. The SMILES string of the molecule is CC(C)(C)c1ccc(C=C(C#N)C(=O)Nc2ncc(Cc3ccc(Cl)cc3)s2)cc1. The maximum absolute atomic E-state index is 12.5. The summed E-state index contributed by atoms with van der Waals surface area (Å²) in [4.78, 5) is 17.8. The van der Waals surface area contributed by atoms with E-state index in [0.29, 0.717) is 16.6 Å². The van der Waals surface area contributed by atoms with E-state index in [1.807, 2.05) is 54.6 Å². The number of carbonyl (C=O) groups excluding carboxylic acids is 1. The van der Waals surface area contributed by atoms with Crippen molar-refractivity contribution in [2.24, 2.45) is 0 Å². The lowest BCUT2D eigenvalue weighted by Gasteiger charge is -2.18. The molecule has 1 heterocycles. The molecule has 152 valence electrons. The molecule has 4 nitrogen and oxygen atoms in total. The van der Waals surface area contributed by atoms with Gasteiger partial charge in [-0.05, 0) is 40.3 Å². The molecular formula is C24H22ClN3OS. The van der Waals surface area contributed by atoms with Crippen molar-refractivity contribution in [3.05, 3.63) is 86.9 Å². The molecule has 1 amide bonds. The molecule has 0 unspecified atom stereocenters. The highest BCUT2D eigenvalue weighted by Crippen LogP contribution is 2.24. The molecule has 0 fully saturated rings. The summed E-state index contributed by atoms with van der Waals surface area (Å²) >= 11 is 7.30. The van der Waals surface area contributed by atoms with Crippen LogP contribution in [0.3, 0.4) is 0 Å². The van der Waals surface area contributed by atoms with Gasteiger partial charge in [-0.25, -0.2) is 4.98 Å². The summed E-state index contributed by atoms with van der Waals surface area (Å²) in [6, 6.07) is 17.5. The second-order valence-corrected chi connectivity index (χ2v) is 9.48. The van der Waals surface area contributed by atoms with Gasteiger partial charge in [-0.1, -0.05) is 68.8 Å². The summed E-state index contributed by atoms with van der Waals surface area (Å²) in [6.07, 6.45) is 4.02. The molecule has 0 aliphatic heterocycles. The molecule has 1 N–H and O–H groups in total. The Kier molecular flexibility index (Phi) is 6.71. The van der Waals surface area contributed by atoms with Crippen LogP contribution in [0.15, 0.2) is 60.3 Å². The van der Waals surface area contributed by atoms with Crippen molar-refractivity contribution < 1.29 is 4.79 Å². The molecule has 30 heavy (non-hydrogen) atoms. The molecule has 0 atom stereocenters. The number of amides is 1. The number of hydrogen-bond acceptors (Lipinski definition) is 4. The number of nitrogens with zero attached hydrogens (tertiary/aromatic N) is 2. The van der Waals surface area contributed by atoms with Crippen molar-refractivity contribution in [3.63, 3.8) is 0 Å². The number of aromatic nitrogens is 1. The minimum atomic E-state index is -0.468. The number of nitriles is 1. The third-order valence-corrected chi connectivity index (χ3v) is 5.68. The number of hydrogen-bond donors (Lipinski definition) is 1. The number of thiazole rings is 1. The first-order valence-corrected chi connectivity index (χ1v) is 10.7. The molecule has 3 rings (SSSR count). The maximum Gasteiger partial charge on any atom is 0.268 e. The van der Waals surface area contributed by atoms with Crippen LogP contribution in [0.25, 0.3) is 6.08 Å². The van der Waals surface area contributed by atoms with E-state index in [2.05, 4.69) is 31.1 Å². The smallest absolute Gasteiger partial charge is 0.268 e. The lowest BCUT2D eigenvalue weighted by molar-refractivity contribution is -0.112. The third kappa shape index (κ3) is 5.79. The number of benzene rings is 2. The Morgan fingerprint density at radius 1 is 1.17 bits per heavy atom. The second kappa shape index (κ2) is 9.25. The van der Waals surface area contributed by atoms with Crippen LogP contribution in [-0.2, 0) is 16.6 Å². The Bertz CT molecular complexity index is 1100. The minimum Gasteiger partial charge on any atom is -0.297 e. The zero-order valence-electron chi connectivity index (χ0n) is 17.1. The molecule has 3 aromatic rings. The second-order valence-electron chi connectivity index (χ2n) is 7.93. The first kappa shape index (κ1) is 21.8. The van der Waals surface area contributed by atoms with Gasteiger partial charge in [0.1, 0.15) is 11.6 Å². The zero-order chi connectivity index (χ0) is 21.7. The van der Waals surface area contributed by atoms with Crippen LogP contribution >= 0.6 is 22.9 Å². The zero-order valence-corrected chi connectivity index (χ0v) is 18.6. The van der Waals surface area contributed by atoms with E-state index >= 15 is 0 Å². The molecule has 0 bridgehead atoms. The monoisotopic (exact) mass is 435 g/mol. The van der Waals surface area contributed by atoms with Gasteiger partial charge in [0, 0.05) is 22.5 Å². The molecule has 0 spiro atoms. The van der Waals surface area contributed by atoms with E-state index in [-0.39, 0.29) is 11.0 Å². The van der Waals surface area contributed by atoms with Crippen LogP contribution < -0.4 is 5.32 Å². The van der Waals surface area contributed by atoms with Gasteiger partial charge in [0.05, 0.1) is 0 Å². The summed E-state index contributed by atoms with van der Waals surface area (Å²) in [5.74, 6) is -0.468. The first-order valence-electron chi connectivity index (χ1n) is 9.47. The standard InChI is InChI=1S/C24H22ClN3OS/c1-24(2,3)19-8-4-16(5-9-19)12-18(14-26)22(29)28-23-27-15-21(30-23)13-17-6-10-20(25)11-7-17/h4-12,15H,13H2,1-3H3,(H,27,28,29). The van der Waals surface area contributed by atoms with Gasteiger partial charge in [0.15, 0.2) is 5.13 Å². The Morgan fingerprint density at radius 2 is 1.83 bits per heavy atom. The van der Waals surface area contributed by atoms with Crippen molar-refractivity contribution in [1.29, 1.82) is 5.26 Å². The molecule has 0 aliphatic carbocycles. The van der Waals surface area contributed by atoms with Crippen LogP contribution in [0.4, 0.5) is 5.13 Å². The minimum absolute atomic E-state index is 0.0351. The van der Waals surface area contributed by atoms with Crippen molar-refractivity contribution in [2.45, 2.75) is 32.6 Å². The van der Waals surface area contributed by atoms with Gasteiger partial charge in [0.2, 0.25) is 0 Å². The number of carbonyl (C=O) groups is 1. The van der Waals surface area contributed by atoms with Gasteiger partial charge < -0.3 is 0 Å². The number of halogens is 1. The van der Waals surface area contributed by atoms with Gasteiger partial charge in [-0.15, -0.1) is 11.3 Å². The van der Waals surface area contributed by atoms with Gasteiger partial charge in [-0.3, -0.25) is 10.1 Å². The Balaban J connectivity index is 1.68. The molecule has 0 aliphatic rings. The van der Waals surface area contributed by atoms with E-state index in [0.717, 1.165) is 16.0 Å². The third-order valence-electron chi connectivity index (χ3n) is 4.52. The van der Waals surface area contributed by atoms with Crippen molar-refractivity contribution >= 4 is 40.1 Å². The Labute approximate surface area is 185 Å². The fourth-order valence-electron chi connectivity index (χ4n) is 2.81. The van der Waals surface area contributed by atoms with Crippen LogP contribution in [-0.4, -0.2) is 10.9 Å². The van der Waals surface area contributed by atoms with Crippen molar-refractivity contribution in [1.82, 2.24) is 4.98 Å². The van der Waals surface area contributed by atoms with E-state index in [9.17, 15) is 10.1 Å². The lowest BCUT2D eigenvalue weighted by Crippen LogP contribution is -2.13. The van der Waals surface area contributed by atoms with Crippen molar-refractivity contribution in [2.75, 3.05) is 5.32 Å². The summed E-state index contributed by atoms with van der Waals surface area (Å²) in [7, 11) is 0. The van der Waals surface area contributed by atoms with Gasteiger partial charge >= 0.3 is 0 Å². The number of rotatable bonds is 5. The highest BCUT2D eigenvalue weighted by molar-refractivity contribution is 7.15. The van der Waals surface area contributed by atoms with E-state index < -0.39 is 5.91 Å². The Hall–Kier alpha value is -2.94. The predicted octanol–water partition coefficient (Wildman–Crippen LogP) is 6.23.